The van der Waals surface area contributed by atoms with Crippen molar-refractivity contribution in [2.45, 2.75) is 6.54 Å². The van der Waals surface area contributed by atoms with E-state index in [1.807, 2.05) is 19.2 Å². The lowest BCUT2D eigenvalue weighted by Gasteiger charge is -2.31. The molecule has 6 heteroatoms. The van der Waals surface area contributed by atoms with Crippen LogP contribution >= 0.6 is 11.6 Å². The monoisotopic (exact) mass is 295 g/mol. The van der Waals surface area contributed by atoms with Gasteiger partial charge in [-0.15, -0.1) is 0 Å². The number of likely N-dealkylation sites (N-methyl/N-ethyl adjacent to an activating group) is 1. The molecule has 0 radical (unpaired) electrons. The maximum Gasteiger partial charge on any atom is 0.311 e. The quantitative estimate of drug-likeness (QED) is 0.819. The van der Waals surface area contributed by atoms with Crippen molar-refractivity contribution in [2.75, 3.05) is 33.2 Å². The Bertz CT molecular complexity index is 482. The normalized spacial score (nSPS) is 16.0. The lowest BCUT2D eigenvalue weighted by Crippen LogP contribution is -2.51. The molecule has 1 aliphatic heterocycles. The van der Waals surface area contributed by atoms with Crippen LogP contribution in [0.25, 0.3) is 0 Å². The van der Waals surface area contributed by atoms with Gasteiger partial charge in [-0.05, 0) is 24.7 Å². The Labute approximate surface area is 123 Å². The Morgan fingerprint density at radius 1 is 1.15 bits per heavy atom. The molecule has 0 saturated carbocycles. The van der Waals surface area contributed by atoms with Crippen molar-refractivity contribution in [3.05, 3.63) is 34.9 Å². The number of halogens is 1. The van der Waals surface area contributed by atoms with Crippen LogP contribution < -0.4 is 5.32 Å². The zero-order valence-electron chi connectivity index (χ0n) is 11.4. The fourth-order valence-electron chi connectivity index (χ4n) is 2.01. The van der Waals surface area contributed by atoms with Crippen LogP contribution in [0.1, 0.15) is 5.56 Å². The zero-order chi connectivity index (χ0) is 14.5. The van der Waals surface area contributed by atoms with E-state index in [0.29, 0.717) is 24.7 Å². The van der Waals surface area contributed by atoms with Crippen molar-refractivity contribution in [1.29, 1.82) is 0 Å². The molecule has 108 valence electrons. The van der Waals surface area contributed by atoms with Crippen molar-refractivity contribution in [3.63, 3.8) is 0 Å². The van der Waals surface area contributed by atoms with Gasteiger partial charge in [0.1, 0.15) is 0 Å². The number of carbonyl (C=O) groups is 2. The summed E-state index contributed by atoms with van der Waals surface area (Å²) in [7, 11) is 2.00. The average molecular weight is 296 g/mol. The number of rotatable bonds is 2. The van der Waals surface area contributed by atoms with Gasteiger partial charge in [-0.25, -0.2) is 0 Å². The molecular weight excluding hydrogens is 278 g/mol. The topological polar surface area (TPSA) is 52.7 Å². The van der Waals surface area contributed by atoms with Crippen LogP contribution in [-0.4, -0.2) is 54.8 Å². The Balaban J connectivity index is 1.82. The SMILES string of the molecule is CN1CCN(C(=O)C(=O)NCc2ccc(Cl)cc2)CC1. The van der Waals surface area contributed by atoms with Crippen LogP contribution in [0.5, 0.6) is 0 Å². The van der Waals surface area contributed by atoms with E-state index < -0.39 is 11.8 Å². The Morgan fingerprint density at radius 2 is 1.75 bits per heavy atom. The number of nitrogens with zero attached hydrogens (tertiary/aromatic N) is 2. The Kier molecular flexibility index (Phi) is 4.98. The van der Waals surface area contributed by atoms with Gasteiger partial charge in [-0.1, -0.05) is 23.7 Å². The molecule has 0 spiro atoms. The predicted molar refractivity (Wildman–Crippen MR) is 77.4 cm³/mol. The van der Waals surface area contributed by atoms with E-state index in [0.717, 1.165) is 18.7 Å². The molecule has 0 bridgehead atoms. The second-order valence-corrected chi connectivity index (χ2v) is 5.34. The molecule has 1 heterocycles. The lowest BCUT2D eigenvalue weighted by molar-refractivity contribution is -0.146. The van der Waals surface area contributed by atoms with Crippen LogP contribution in [-0.2, 0) is 16.1 Å². The molecule has 1 fully saturated rings. The molecule has 0 atom stereocenters. The summed E-state index contributed by atoms with van der Waals surface area (Å²) in [5, 5.41) is 3.29. The number of hydrogen-bond acceptors (Lipinski definition) is 3. The molecule has 2 amide bonds. The van der Waals surface area contributed by atoms with Gasteiger partial charge >= 0.3 is 11.8 Å². The molecule has 20 heavy (non-hydrogen) atoms. The summed E-state index contributed by atoms with van der Waals surface area (Å²) >= 11 is 5.79. The van der Waals surface area contributed by atoms with Gasteiger partial charge in [-0.2, -0.15) is 0 Å². The van der Waals surface area contributed by atoms with Gasteiger partial charge in [0.2, 0.25) is 0 Å². The summed E-state index contributed by atoms with van der Waals surface area (Å²) in [5.41, 5.74) is 0.911. The van der Waals surface area contributed by atoms with Crippen LogP contribution in [0.3, 0.4) is 0 Å². The third kappa shape index (κ3) is 3.95. The number of benzene rings is 1. The molecule has 0 aromatic heterocycles. The second-order valence-electron chi connectivity index (χ2n) is 4.90. The molecule has 0 unspecified atom stereocenters. The minimum absolute atomic E-state index is 0.329. The van der Waals surface area contributed by atoms with Crippen molar-refractivity contribution < 1.29 is 9.59 Å². The third-order valence-corrected chi connectivity index (χ3v) is 3.60. The maximum atomic E-state index is 12.0. The van der Waals surface area contributed by atoms with Crippen molar-refractivity contribution >= 4 is 23.4 Å². The standard InChI is InChI=1S/C14H18ClN3O2/c1-17-6-8-18(9-7-17)14(20)13(19)16-10-11-2-4-12(15)5-3-11/h2-5H,6-10H2,1H3,(H,16,19). The van der Waals surface area contributed by atoms with E-state index in [2.05, 4.69) is 10.2 Å². The smallest absolute Gasteiger partial charge is 0.311 e. The lowest BCUT2D eigenvalue weighted by atomic mass is 10.2. The summed E-state index contributed by atoms with van der Waals surface area (Å²) in [5.74, 6) is -1.00. The predicted octanol–water partition coefficient (Wildman–Crippen LogP) is 0.730. The van der Waals surface area contributed by atoms with Gasteiger partial charge in [0.25, 0.3) is 0 Å². The first-order valence-electron chi connectivity index (χ1n) is 6.56. The minimum atomic E-state index is -0.551. The summed E-state index contributed by atoms with van der Waals surface area (Å²) in [4.78, 5) is 27.5. The van der Waals surface area contributed by atoms with E-state index in [1.165, 1.54) is 0 Å². The van der Waals surface area contributed by atoms with E-state index in [1.54, 1.807) is 17.0 Å². The maximum absolute atomic E-state index is 12.0. The third-order valence-electron chi connectivity index (χ3n) is 3.35. The molecule has 1 aliphatic rings. The van der Waals surface area contributed by atoms with E-state index in [4.69, 9.17) is 11.6 Å². The Morgan fingerprint density at radius 3 is 2.35 bits per heavy atom. The van der Waals surface area contributed by atoms with Crippen molar-refractivity contribution in [3.8, 4) is 0 Å². The second kappa shape index (κ2) is 6.72. The van der Waals surface area contributed by atoms with Gasteiger partial charge < -0.3 is 15.1 Å². The zero-order valence-corrected chi connectivity index (χ0v) is 12.2. The molecule has 2 rings (SSSR count). The minimum Gasteiger partial charge on any atom is -0.344 e. The fraction of sp³-hybridized carbons (Fsp3) is 0.429. The van der Waals surface area contributed by atoms with Gasteiger partial charge in [-0.3, -0.25) is 9.59 Å². The van der Waals surface area contributed by atoms with Gasteiger partial charge in [0.05, 0.1) is 0 Å². The number of piperazine rings is 1. The van der Waals surface area contributed by atoms with Crippen LogP contribution in [0.15, 0.2) is 24.3 Å². The summed E-state index contributed by atoms with van der Waals surface area (Å²) < 4.78 is 0. The van der Waals surface area contributed by atoms with Crippen molar-refractivity contribution in [2.24, 2.45) is 0 Å². The summed E-state index contributed by atoms with van der Waals surface area (Å²) in [6.07, 6.45) is 0. The highest BCUT2D eigenvalue weighted by atomic mass is 35.5. The van der Waals surface area contributed by atoms with E-state index >= 15 is 0 Å². The molecule has 0 aliphatic carbocycles. The fourth-order valence-corrected chi connectivity index (χ4v) is 2.14. The highest BCUT2D eigenvalue weighted by Crippen LogP contribution is 2.09. The highest BCUT2D eigenvalue weighted by molar-refractivity contribution is 6.35. The molecule has 5 nitrogen and oxygen atoms in total. The average Bonchev–Trinajstić information content (AvgIpc) is 2.46. The van der Waals surface area contributed by atoms with E-state index in [-0.39, 0.29) is 0 Å². The van der Waals surface area contributed by atoms with Crippen molar-refractivity contribution in [1.82, 2.24) is 15.1 Å². The molecule has 1 N–H and O–H groups in total. The van der Waals surface area contributed by atoms with Crippen LogP contribution in [0.2, 0.25) is 5.02 Å². The van der Waals surface area contributed by atoms with Gasteiger partial charge in [0.15, 0.2) is 0 Å². The Hall–Kier alpha value is -1.59. The molecule has 1 aromatic rings. The highest BCUT2D eigenvalue weighted by Gasteiger charge is 2.24. The first kappa shape index (κ1) is 14.8. The van der Waals surface area contributed by atoms with E-state index in [9.17, 15) is 9.59 Å². The molecule has 1 saturated heterocycles. The van der Waals surface area contributed by atoms with Gasteiger partial charge in [0, 0.05) is 37.7 Å². The number of amides is 2. The summed E-state index contributed by atoms with van der Waals surface area (Å²) in [6.45, 7) is 3.13. The van der Waals surface area contributed by atoms with Crippen LogP contribution in [0.4, 0.5) is 0 Å². The molecular formula is C14H18ClN3O2. The number of hydrogen-bond donors (Lipinski definition) is 1. The largest absolute Gasteiger partial charge is 0.344 e. The first-order valence-corrected chi connectivity index (χ1v) is 6.94. The molecule has 1 aromatic carbocycles. The first-order chi connectivity index (χ1) is 9.56. The van der Waals surface area contributed by atoms with Crippen LogP contribution in [0, 0.1) is 0 Å². The number of nitrogens with one attached hydrogen (secondary N) is 1. The number of carbonyl (C=O) groups excluding carboxylic acids is 2. The summed E-state index contributed by atoms with van der Waals surface area (Å²) in [6, 6.07) is 7.16.